The van der Waals surface area contributed by atoms with Crippen molar-refractivity contribution in [3.8, 4) is 0 Å². The van der Waals surface area contributed by atoms with Crippen molar-refractivity contribution in [2.45, 2.75) is 38.2 Å². The molecule has 1 aromatic rings. The van der Waals surface area contributed by atoms with Gasteiger partial charge in [-0.3, -0.25) is 0 Å². The molecular formula is C15H19N3O2. The zero-order valence-electron chi connectivity index (χ0n) is 11.5. The zero-order valence-corrected chi connectivity index (χ0v) is 11.5. The van der Waals surface area contributed by atoms with Gasteiger partial charge in [0.05, 0.1) is 0 Å². The molecule has 0 bridgehead atoms. The van der Waals surface area contributed by atoms with Gasteiger partial charge < -0.3 is 9.64 Å². The molecule has 5 nitrogen and oxygen atoms in total. The molecule has 0 spiro atoms. The number of nitrogens with zero attached hydrogens (tertiary/aromatic N) is 3. The highest BCUT2D eigenvalue weighted by atomic mass is 16.5. The molecule has 2 heterocycles. The molecule has 106 valence electrons. The van der Waals surface area contributed by atoms with E-state index in [1.807, 2.05) is 12.1 Å². The smallest absolute Gasteiger partial charge is 0.333 e. The van der Waals surface area contributed by atoms with Gasteiger partial charge >= 0.3 is 5.97 Å². The number of hydrogen-bond donors (Lipinski definition) is 0. The normalized spacial score (nSPS) is 19.8. The Morgan fingerprint density at radius 1 is 1.35 bits per heavy atom. The van der Waals surface area contributed by atoms with Gasteiger partial charge in [-0.2, -0.15) is 0 Å². The van der Waals surface area contributed by atoms with E-state index in [0.29, 0.717) is 0 Å². The summed E-state index contributed by atoms with van der Waals surface area (Å²) in [7, 11) is 0. The third-order valence-corrected chi connectivity index (χ3v) is 3.91. The maximum Gasteiger partial charge on any atom is 0.333 e. The number of rotatable bonds is 3. The van der Waals surface area contributed by atoms with E-state index in [-0.39, 0.29) is 12.1 Å². The molecule has 1 aliphatic carbocycles. The minimum absolute atomic E-state index is 0.0436. The first-order valence-electron chi connectivity index (χ1n) is 7.24. The van der Waals surface area contributed by atoms with Gasteiger partial charge in [0.2, 0.25) is 0 Å². The zero-order chi connectivity index (χ0) is 13.8. The van der Waals surface area contributed by atoms with Crippen molar-refractivity contribution in [2.75, 3.05) is 18.0 Å². The number of esters is 1. The number of aromatic nitrogens is 2. The van der Waals surface area contributed by atoms with Crippen LogP contribution >= 0.6 is 0 Å². The molecule has 0 aromatic carbocycles. The van der Waals surface area contributed by atoms with Crippen molar-refractivity contribution in [3.05, 3.63) is 30.2 Å². The summed E-state index contributed by atoms with van der Waals surface area (Å²) in [6.45, 7) is 1.74. The largest absolute Gasteiger partial charge is 0.459 e. The third kappa shape index (κ3) is 2.98. The molecule has 0 saturated carbocycles. The number of allylic oxidation sites excluding steroid dienone is 1. The maximum atomic E-state index is 11.9. The van der Waals surface area contributed by atoms with E-state index >= 15 is 0 Å². The molecule has 0 atom stereocenters. The second-order valence-corrected chi connectivity index (χ2v) is 5.28. The van der Waals surface area contributed by atoms with E-state index in [1.165, 1.54) is 0 Å². The third-order valence-electron chi connectivity index (χ3n) is 3.91. The topological polar surface area (TPSA) is 55.3 Å². The fraction of sp³-hybridized carbons (Fsp3) is 0.533. The highest BCUT2D eigenvalue weighted by Crippen LogP contribution is 2.23. The van der Waals surface area contributed by atoms with Crippen molar-refractivity contribution < 1.29 is 9.53 Å². The summed E-state index contributed by atoms with van der Waals surface area (Å²) in [5.74, 6) is 0.839. The van der Waals surface area contributed by atoms with Gasteiger partial charge in [0.1, 0.15) is 18.2 Å². The van der Waals surface area contributed by atoms with Gasteiger partial charge in [0.25, 0.3) is 0 Å². The van der Waals surface area contributed by atoms with Crippen molar-refractivity contribution >= 4 is 11.8 Å². The lowest BCUT2D eigenvalue weighted by Gasteiger charge is -2.32. The fourth-order valence-electron chi connectivity index (χ4n) is 2.76. The van der Waals surface area contributed by atoms with Gasteiger partial charge in [0.15, 0.2) is 0 Å². The molecule has 0 radical (unpaired) electrons. The Labute approximate surface area is 118 Å². The van der Waals surface area contributed by atoms with E-state index in [2.05, 4.69) is 14.9 Å². The number of ether oxygens (including phenoxy) is 1. The van der Waals surface area contributed by atoms with Gasteiger partial charge in [-0.1, -0.05) is 6.08 Å². The highest BCUT2D eigenvalue weighted by Gasteiger charge is 2.24. The number of carbonyl (C=O) groups excluding carboxylic acids is 1. The molecule has 1 saturated heterocycles. The van der Waals surface area contributed by atoms with Crippen LogP contribution in [-0.4, -0.2) is 35.1 Å². The number of piperidine rings is 1. The lowest BCUT2D eigenvalue weighted by molar-refractivity contribution is -0.145. The van der Waals surface area contributed by atoms with E-state index in [1.54, 1.807) is 12.5 Å². The van der Waals surface area contributed by atoms with E-state index in [4.69, 9.17) is 4.74 Å². The van der Waals surface area contributed by atoms with Crippen LogP contribution in [0, 0.1) is 0 Å². The van der Waals surface area contributed by atoms with Crippen molar-refractivity contribution in [3.63, 3.8) is 0 Å². The van der Waals surface area contributed by atoms with Crippen LogP contribution < -0.4 is 4.90 Å². The molecule has 3 rings (SSSR count). The predicted molar refractivity (Wildman–Crippen MR) is 75.3 cm³/mol. The van der Waals surface area contributed by atoms with Crippen LogP contribution in [0.25, 0.3) is 0 Å². The van der Waals surface area contributed by atoms with Crippen LogP contribution in [0.15, 0.2) is 30.2 Å². The van der Waals surface area contributed by atoms with Gasteiger partial charge in [-0.25, -0.2) is 14.8 Å². The first-order valence-corrected chi connectivity index (χ1v) is 7.24. The Morgan fingerprint density at radius 3 is 2.85 bits per heavy atom. The van der Waals surface area contributed by atoms with Crippen LogP contribution in [0.4, 0.5) is 5.82 Å². The van der Waals surface area contributed by atoms with Gasteiger partial charge in [-0.05, 0) is 25.3 Å². The Kier molecular flexibility index (Phi) is 3.95. The number of hydrogen-bond acceptors (Lipinski definition) is 5. The highest BCUT2D eigenvalue weighted by molar-refractivity contribution is 5.89. The monoisotopic (exact) mass is 273 g/mol. The molecular weight excluding hydrogens is 254 g/mol. The van der Waals surface area contributed by atoms with Gasteiger partial charge in [-0.15, -0.1) is 0 Å². The molecule has 20 heavy (non-hydrogen) atoms. The molecule has 0 N–H and O–H groups in total. The van der Waals surface area contributed by atoms with Crippen LogP contribution in [0.3, 0.4) is 0 Å². The number of carbonyl (C=O) groups is 1. The van der Waals surface area contributed by atoms with Crippen LogP contribution in [-0.2, 0) is 9.53 Å². The summed E-state index contributed by atoms with van der Waals surface area (Å²) in [5, 5.41) is 0. The van der Waals surface area contributed by atoms with Crippen LogP contribution in [0.1, 0.15) is 32.1 Å². The van der Waals surface area contributed by atoms with E-state index in [0.717, 1.165) is 56.6 Å². The average molecular weight is 273 g/mol. The maximum absolute atomic E-state index is 11.9. The first-order chi connectivity index (χ1) is 9.83. The molecule has 2 aliphatic rings. The lowest BCUT2D eigenvalue weighted by Crippen LogP contribution is -2.38. The van der Waals surface area contributed by atoms with E-state index in [9.17, 15) is 4.79 Å². The quantitative estimate of drug-likeness (QED) is 0.789. The molecule has 1 aliphatic heterocycles. The lowest BCUT2D eigenvalue weighted by atomic mass is 10.1. The molecule has 1 aromatic heterocycles. The summed E-state index contributed by atoms with van der Waals surface area (Å²) >= 11 is 0. The molecule has 0 unspecified atom stereocenters. The minimum Gasteiger partial charge on any atom is -0.459 e. The summed E-state index contributed by atoms with van der Waals surface area (Å²) < 4.78 is 5.59. The van der Waals surface area contributed by atoms with Crippen LogP contribution in [0.2, 0.25) is 0 Å². The summed E-state index contributed by atoms with van der Waals surface area (Å²) in [5.41, 5.74) is 0.864. The summed E-state index contributed by atoms with van der Waals surface area (Å²) in [4.78, 5) is 22.3. The average Bonchev–Trinajstić information content (AvgIpc) is 3.03. The predicted octanol–water partition coefficient (Wildman–Crippen LogP) is 2.10. The van der Waals surface area contributed by atoms with Crippen molar-refractivity contribution in [1.82, 2.24) is 9.97 Å². The Bertz CT molecular complexity index is 493. The standard InChI is InChI=1S/C15H19N3O2/c19-15(12-3-1-2-4-12)20-13-6-9-18(10-7-13)14-5-8-16-11-17-14/h3,5,8,11,13H,1-2,4,6-7,9-10H2. The molecule has 5 heteroatoms. The fourth-order valence-corrected chi connectivity index (χ4v) is 2.76. The molecule has 1 fully saturated rings. The van der Waals surface area contributed by atoms with Gasteiger partial charge in [0, 0.05) is 37.7 Å². The first kappa shape index (κ1) is 13.1. The second-order valence-electron chi connectivity index (χ2n) is 5.28. The Balaban J connectivity index is 1.50. The molecule has 0 amide bonds. The summed E-state index contributed by atoms with van der Waals surface area (Å²) in [6, 6.07) is 1.91. The van der Waals surface area contributed by atoms with E-state index < -0.39 is 0 Å². The second kappa shape index (κ2) is 6.03. The number of anilines is 1. The Hall–Kier alpha value is -1.91. The minimum atomic E-state index is -0.108. The van der Waals surface area contributed by atoms with Crippen molar-refractivity contribution in [2.24, 2.45) is 0 Å². The Morgan fingerprint density at radius 2 is 2.20 bits per heavy atom. The van der Waals surface area contributed by atoms with Crippen molar-refractivity contribution in [1.29, 1.82) is 0 Å². The van der Waals surface area contributed by atoms with Crippen LogP contribution in [0.5, 0.6) is 0 Å². The SMILES string of the molecule is O=C(OC1CCN(c2ccncn2)CC1)C1=CCCC1. The summed E-state index contributed by atoms with van der Waals surface area (Å²) in [6.07, 6.45) is 10.1.